The van der Waals surface area contributed by atoms with Crippen molar-refractivity contribution in [2.75, 3.05) is 30.2 Å². The predicted molar refractivity (Wildman–Crippen MR) is 97.7 cm³/mol. The topological polar surface area (TPSA) is 66.9 Å². The third-order valence-corrected chi connectivity index (χ3v) is 6.06. The van der Waals surface area contributed by atoms with Gasteiger partial charge in [-0.05, 0) is 31.0 Å². The molecule has 3 rings (SSSR count). The highest BCUT2D eigenvalue weighted by molar-refractivity contribution is 7.92. The summed E-state index contributed by atoms with van der Waals surface area (Å²) >= 11 is 6.03. The highest BCUT2D eigenvalue weighted by Gasteiger charge is 2.33. The van der Waals surface area contributed by atoms with Gasteiger partial charge in [-0.3, -0.25) is 9.10 Å². The van der Waals surface area contributed by atoms with Gasteiger partial charge in [-0.1, -0.05) is 24.4 Å². The van der Waals surface area contributed by atoms with E-state index in [4.69, 9.17) is 16.3 Å². The number of likely N-dealkylation sites (tertiary alicyclic amines) is 1. The van der Waals surface area contributed by atoms with E-state index < -0.39 is 16.1 Å². The van der Waals surface area contributed by atoms with Crippen LogP contribution in [0.3, 0.4) is 0 Å². The molecule has 138 valence electrons. The molecule has 6 nitrogen and oxygen atoms in total. The summed E-state index contributed by atoms with van der Waals surface area (Å²) in [6.45, 7) is 1.67. The van der Waals surface area contributed by atoms with Gasteiger partial charge in [0.1, 0.15) is 5.75 Å². The van der Waals surface area contributed by atoms with Crippen molar-refractivity contribution in [1.29, 1.82) is 0 Å². The molecule has 0 aliphatic carbocycles. The Hall–Kier alpha value is -1.47. The fourth-order valence-electron chi connectivity index (χ4n) is 3.37. The van der Waals surface area contributed by atoms with Crippen molar-refractivity contribution in [1.82, 2.24) is 4.90 Å². The molecule has 25 heavy (non-hydrogen) atoms. The molecule has 2 aliphatic heterocycles. The number of ether oxygens (including phenoxy) is 1. The van der Waals surface area contributed by atoms with Crippen molar-refractivity contribution in [3.63, 3.8) is 0 Å². The molecule has 1 saturated heterocycles. The maximum atomic E-state index is 12.9. The van der Waals surface area contributed by atoms with Gasteiger partial charge in [-0.2, -0.15) is 0 Å². The Morgan fingerprint density at radius 3 is 2.48 bits per heavy atom. The van der Waals surface area contributed by atoms with Crippen LogP contribution in [0.1, 0.15) is 32.1 Å². The molecule has 2 aliphatic rings. The van der Waals surface area contributed by atoms with Crippen LogP contribution >= 0.6 is 11.6 Å². The number of fused-ring (bicyclic) bond motifs is 1. The van der Waals surface area contributed by atoms with Gasteiger partial charge in [0.2, 0.25) is 10.0 Å². The highest BCUT2D eigenvalue weighted by Crippen LogP contribution is 2.36. The van der Waals surface area contributed by atoms with Crippen LogP contribution in [0.15, 0.2) is 18.2 Å². The van der Waals surface area contributed by atoms with Crippen molar-refractivity contribution in [3.8, 4) is 5.75 Å². The molecule has 1 aromatic carbocycles. The van der Waals surface area contributed by atoms with Crippen molar-refractivity contribution in [2.45, 2.75) is 38.2 Å². The second kappa shape index (κ2) is 7.41. The number of amides is 1. The maximum absolute atomic E-state index is 12.9. The molecule has 0 bridgehead atoms. The lowest BCUT2D eigenvalue weighted by Gasteiger charge is -2.25. The minimum atomic E-state index is -3.49. The summed E-state index contributed by atoms with van der Waals surface area (Å²) in [6.07, 6.45) is 5.06. The molecule has 0 N–H and O–H groups in total. The fraction of sp³-hybridized carbons (Fsp3) is 0.588. The average molecular weight is 387 g/mol. The minimum absolute atomic E-state index is 0.0573. The Balaban J connectivity index is 1.88. The largest absolute Gasteiger partial charge is 0.478 e. The first-order chi connectivity index (χ1) is 11.9. The van der Waals surface area contributed by atoms with E-state index in [9.17, 15) is 13.2 Å². The molecular formula is C17H23ClN2O4S. The second-order valence-electron chi connectivity index (χ2n) is 6.58. The van der Waals surface area contributed by atoms with Gasteiger partial charge in [0.15, 0.2) is 6.10 Å². The van der Waals surface area contributed by atoms with E-state index in [-0.39, 0.29) is 12.5 Å². The monoisotopic (exact) mass is 386 g/mol. The quantitative estimate of drug-likeness (QED) is 0.783. The molecule has 1 amide bonds. The summed E-state index contributed by atoms with van der Waals surface area (Å²) in [5.41, 5.74) is 0.390. The van der Waals surface area contributed by atoms with Crippen LogP contribution in [0.4, 0.5) is 5.69 Å². The minimum Gasteiger partial charge on any atom is -0.478 e. The van der Waals surface area contributed by atoms with Gasteiger partial charge in [0.05, 0.1) is 11.9 Å². The summed E-state index contributed by atoms with van der Waals surface area (Å²) in [4.78, 5) is 14.7. The molecule has 0 aromatic heterocycles. The predicted octanol–water partition coefficient (Wildman–Crippen LogP) is 2.66. The normalized spacial score (nSPS) is 21.8. The van der Waals surface area contributed by atoms with E-state index in [1.54, 1.807) is 18.2 Å². The van der Waals surface area contributed by atoms with Crippen molar-refractivity contribution in [2.24, 2.45) is 0 Å². The van der Waals surface area contributed by atoms with Crippen LogP contribution in [0, 0.1) is 0 Å². The standard InChI is InChI=1S/C17H23ClN2O4S/c1-25(22,23)20-11-8-16(17(21)19-9-4-2-3-5-10-19)24-15-7-6-13(18)12-14(15)20/h6-7,12,16H,2-5,8-11H2,1H3/t16-/m1/s1. The van der Waals surface area contributed by atoms with Gasteiger partial charge >= 0.3 is 0 Å². The number of sulfonamides is 1. The van der Waals surface area contributed by atoms with Gasteiger partial charge in [0.25, 0.3) is 5.91 Å². The summed E-state index contributed by atoms with van der Waals surface area (Å²) in [7, 11) is -3.49. The number of carbonyl (C=O) groups excluding carboxylic acids is 1. The van der Waals surface area contributed by atoms with E-state index in [0.29, 0.717) is 22.9 Å². The Morgan fingerprint density at radius 1 is 1.16 bits per heavy atom. The van der Waals surface area contributed by atoms with Crippen LogP contribution < -0.4 is 9.04 Å². The maximum Gasteiger partial charge on any atom is 0.263 e. The van der Waals surface area contributed by atoms with Crippen LogP contribution in [0.2, 0.25) is 5.02 Å². The third kappa shape index (κ3) is 4.20. The van der Waals surface area contributed by atoms with Crippen molar-refractivity contribution in [3.05, 3.63) is 23.2 Å². The summed E-state index contributed by atoms with van der Waals surface area (Å²) in [6, 6.07) is 4.83. The first-order valence-electron chi connectivity index (χ1n) is 8.59. The molecule has 0 spiro atoms. The van der Waals surface area contributed by atoms with Gasteiger partial charge in [-0.15, -0.1) is 0 Å². The summed E-state index contributed by atoms with van der Waals surface area (Å²) in [5.74, 6) is 0.318. The van der Waals surface area contributed by atoms with E-state index in [2.05, 4.69) is 0 Å². The van der Waals surface area contributed by atoms with Crippen molar-refractivity contribution < 1.29 is 17.9 Å². The molecule has 0 saturated carbocycles. The first kappa shape index (κ1) is 18.3. The zero-order chi connectivity index (χ0) is 18.0. The van der Waals surface area contributed by atoms with E-state index in [1.807, 2.05) is 4.90 Å². The number of hydrogen-bond donors (Lipinski definition) is 0. The fourth-order valence-corrected chi connectivity index (χ4v) is 4.47. The number of anilines is 1. The molecule has 1 aromatic rings. The zero-order valence-electron chi connectivity index (χ0n) is 14.3. The lowest BCUT2D eigenvalue weighted by atomic mass is 10.2. The number of hydrogen-bond acceptors (Lipinski definition) is 4. The molecule has 1 fully saturated rings. The number of rotatable bonds is 2. The van der Waals surface area contributed by atoms with Gasteiger partial charge in [0, 0.05) is 31.1 Å². The second-order valence-corrected chi connectivity index (χ2v) is 8.93. The molecule has 0 radical (unpaired) electrons. The third-order valence-electron chi connectivity index (χ3n) is 4.65. The van der Waals surface area contributed by atoms with Crippen LogP contribution in [0.5, 0.6) is 5.75 Å². The lowest BCUT2D eigenvalue weighted by Crippen LogP contribution is -2.43. The number of benzene rings is 1. The van der Waals surface area contributed by atoms with E-state index in [1.165, 1.54) is 4.31 Å². The Kier molecular flexibility index (Phi) is 5.43. The average Bonchev–Trinajstić information content (AvgIpc) is 2.92. The number of carbonyl (C=O) groups is 1. The first-order valence-corrected chi connectivity index (χ1v) is 10.8. The molecule has 1 atom stereocenters. The van der Waals surface area contributed by atoms with Crippen LogP contribution in [-0.4, -0.2) is 51.2 Å². The van der Waals surface area contributed by atoms with Crippen LogP contribution in [0.25, 0.3) is 0 Å². The summed E-state index contributed by atoms with van der Waals surface area (Å²) in [5, 5.41) is 0.424. The van der Waals surface area contributed by atoms with Gasteiger partial charge < -0.3 is 9.64 Å². The Bertz CT molecular complexity index is 745. The number of nitrogens with zero attached hydrogens (tertiary/aromatic N) is 2. The van der Waals surface area contributed by atoms with Crippen LogP contribution in [-0.2, 0) is 14.8 Å². The van der Waals surface area contributed by atoms with Gasteiger partial charge in [-0.25, -0.2) is 8.42 Å². The molecule has 8 heteroatoms. The van der Waals surface area contributed by atoms with E-state index >= 15 is 0 Å². The SMILES string of the molecule is CS(=O)(=O)N1CC[C@H](C(=O)N2CCCCCC2)Oc2ccc(Cl)cc21. The zero-order valence-corrected chi connectivity index (χ0v) is 15.9. The highest BCUT2D eigenvalue weighted by atomic mass is 35.5. The number of halogens is 1. The molecule has 0 unspecified atom stereocenters. The Morgan fingerprint density at radius 2 is 1.84 bits per heavy atom. The smallest absolute Gasteiger partial charge is 0.263 e. The molecule has 2 heterocycles. The van der Waals surface area contributed by atoms with Crippen molar-refractivity contribution >= 4 is 33.2 Å². The van der Waals surface area contributed by atoms with E-state index in [0.717, 1.165) is 45.0 Å². The summed E-state index contributed by atoms with van der Waals surface area (Å²) < 4.78 is 31.5. The lowest BCUT2D eigenvalue weighted by molar-refractivity contribution is -0.138. The molecular weight excluding hydrogens is 364 g/mol. The Labute approximate surface area is 153 Å².